The molecule has 0 saturated carbocycles. The number of halogens is 2. The van der Waals surface area contributed by atoms with E-state index in [1.54, 1.807) is 50.2 Å². The van der Waals surface area contributed by atoms with Crippen LogP contribution in [0, 0.1) is 0 Å². The van der Waals surface area contributed by atoms with E-state index in [1.807, 2.05) is 38.1 Å². The zero-order valence-electron chi connectivity index (χ0n) is 21.8. The summed E-state index contributed by atoms with van der Waals surface area (Å²) in [6.45, 7) is 3.66. The van der Waals surface area contributed by atoms with Crippen LogP contribution in [0.25, 0.3) is 0 Å². The average Bonchev–Trinajstić information content (AvgIpc) is 3.29. The summed E-state index contributed by atoms with van der Waals surface area (Å²) in [5.74, 6) is 1.34. The lowest BCUT2D eigenvalue weighted by Gasteiger charge is -2.22. The number of hydrogen-bond donors (Lipinski definition) is 0. The highest BCUT2D eigenvalue weighted by Crippen LogP contribution is 2.25. The van der Waals surface area contributed by atoms with Crippen molar-refractivity contribution in [3.63, 3.8) is 0 Å². The Hall–Kier alpha value is -3.02. The summed E-state index contributed by atoms with van der Waals surface area (Å²) in [7, 11) is 0.649. The molecule has 0 saturated heterocycles. The van der Waals surface area contributed by atoms with Crippen LogP contribution in [0.15, 0.2) is 59.6 Å². The topological polar surface area (TPSA) is 76.9 Å². The van der Waals surface area contributed by atoms with Gasteiger partial charge in [-0.2, -0.15) is 9.40 Å². The van der Waals surface area contributed by atoms with Gasteiger partial charge in [-0.25, -0.2) is 17.2 Å². The van der Waals surface area contributed by atoms with Crippen LogP contribution in [-0.2, 0) is 29.7 Å². The Kier molecular flexibility index (Phi) is 9.63. The molecule has 2 aromatic carbocycles. The lowest BCUT2D eigenvalue weighted by atomic mass is 10.2. The van der Waals surface area contributed by atoms with E-state index in [9.17, 15) is 17.2 Å². The van der Waals surface area contributed by atoms with Gasteiger partial charge < -0.3 is 9.47 Å². The van der Waals surface area contributed by atoms with Crippen molar-refractivity contribution in [2.45, 2.75) is 51.0 Å². The van der Waals surface area contributed by atoms with Crippen LogP contribution in [0.2, 0.25) is 0 Å². The standard InChI is InChI=1S/C26H34F2N4O4S/c1-19(2)32-22(17-30(3)18-25(27)28)14-26(29-32)37(33,34)31(15-20-6-10-23(35-4)11-7-20)16-21-8-12-24(36-5)13-9-21/h6-14,19,25H,15-18H2,1-5H3. The normalized spacial score (nSPS) is 12.2. The quantitative estimate of drug-likeness (QED) is 0.319. The number of rotatable bonds is 13. The fourth-order valence-corrected chi connectivity index (χ4v) is 5.28. The van der Waals surface area contributed by atoms with E-state index in [0.717, 1.165) is 11.1 Å². The highest BCUT2D eigenvalue weighted by Gasteiger charge is 2.30. The molecule has 8 nitrogen and oxygen atoms in total. The highest BCUT2D eigenvalue weighted by atomic mass is 32.2. The molecule has 0 spiro atoms. The van der Waals surface area contributed by atoms with E-state index < -0.39 is 23.0 Å². The van der Waals surface area contributed by atoms with Gasteiger partial charge in [0.25, 0.3) is 16.4 Å². The predicted molar refractivity (Wildman–Crippen MR) is 137 cm³/mol. The number of sulfonamides is 1. The molecule has 0 amide bonds. The molecule has 37 heavy (non-hydrogen) atoms. The molecule has 0 radical (unpaired) electrons. The van der Waals surface area contributed by atoms with Crippen LogP contribution in [0.4, 0.5) is 8.78 Å². The average molecular weight is 537 g/mol. The number of hydrogen-bond acceptors (Lipinski definition) is 6. The smallest absolute Gasteiger partial charge is 0.263 e. The first-order valence-electron chi connectivity index (χ1n) is 11.8. The monoisotopic (exact) mass is 536 g/mol. The maximum Gasteiger partial charge on any atom is 0.263 e. The van der Waals surface area contributed by atoms with Crippen LogP contribution >= 0.6 is 0 Å². The highest BCUT2D eigenvalue weighted by molar-refractivity contribution is 7.89. The molecule has 0 atom stereocenters. The van der Waals surface area contributed by atoms with Crippen LogP contribution in [0.5, 0.6) is 11.5 Å². The fraction of sp³-hybridized carbons (Fsp3) is 0.423. The van der Waals surface area contributed by atoms with Crippen molar-refractivity contribution in [2.75, 3.05) is 27.8 Å². The molecule has 0 N–H and O–H groups in total. The summed E-state index contributed by atoms with van der Waals surface area (Å²) in [5, 5.41) is 4.28. The van der Waals surface area contributed by atoms with Crippen molar-refractivity contribution in [3.8, 4) is 11.5 Å². The molecule has 1 aromatic heterocycles. The van der Waals surface area contributed by atoms with E-state index in [2.05, 4.69) is 5.10 Å². The van der Waals surface area contributed by atoms with Crippen LogP contribution in [0.3, 0.4) is 0 Å². The van der Waals surface area contributed by atoms with Gasteiger partial charge in [-0.15, -0.1) is 0 Å². The summed E-state index contributed by atoms with van der Waals surface area (Å²) in [4.78, 5) is 1.45. The summed E-state index contributed by atoms with van der Waals surface area (Å²) in [5.41, 5.74) is 2.10. The third kappa shape index (κ3) is 7.50. The van der Waals surface area contributed by atoms with E-state index in [0.29, 0.717) is 17.2 Å². The molecule has 0 bridgehead atoms. The summed E-state index contributed by atoms with van der Waals surface area (Å²) in [6, 6.07) is 15.7. The fourth-order valence-electron chi connectivity index (χ4n) is 3.90. The van der Waals surface area contributed by atoms with Crippen molar-refractivity contribution in [3.05, 3.63) is 71.4 Å². The Morgan fingerprint density at radius 2 is 1.38 bits per heavy atom. The zero-order chi connectivity index (χ0) is 27.2. The first-order chi connectivity index (χ1) is 17.5. The molecule has 202 valence electrons. The number of nitrogens with zero attached hydrogens (tertiary/aromatic N) is 4. The Labute approximate surface area is 217 Å². The minimum Gasteiger partial charge on any atom is -0.497 e. The molecule has 0 aliphatic carbocycles. The Balaban J connectivity index is 1.98. The van der Waals surface area contributed by atoms with Gasteiger partial charge in [-0.1, -0.05) is 24.3 Å². The van der Waals surface area contributed by atoms with Gasteiger partial charge in [0.05, 0.1) is 26.5 Å². The zero-order valence-corrected chi connectivity index (χ0v) is 22.6. The van der Waals surface area contributed by atoms with Crippen molar-refractivity contribution < 1.29 is 26.7 Å². The number of benzene rings is 2. The summed E-state index contributed by atoms with van der Waals surface area (Å²) < 4.78 is 66.9. The van der Waals surface area contributed by atoms with Crippen LogP contribution < -0.4 is 9.47 Å². The van der Waals surface area contributed by atoms with Gasteiger partial charge >= 0.3 is 0 Å². The molecule has 11 heteroatoms. The van der Waals surface area contributed by atoms with Gasteiger partial charge in [0.15, 0.2) is 5.03 Å². The minimum atomic E-state index is -4.05. The second-order valence-electron chi connectivity index (χ2n) is 9.07. The largest absolute Gasteiger partial charge is 0.497 e. The third-order valence-corrected chi connectivity index (χ3v) is 7.47. The van der Waals surface area contributed by atoms with Crippen LogP contribution in [0.1, 0.15) is 36.7 Å². The van der Waals surface area contributed by atoms with Crippen molar-refractivity contribution in [2.24, 2.45) is 0 Å². The number of methoxy groups -OCH3 is 2. The van der Waals surface area contributed by atoms with Crippen molar-refractivity contribution in [1.82, 2.24) is 19.0 Å². The van der Waals surface area contributed by atoms with Crippen molar-refractivity contribution >= 4 is 10.0 Å². The van der Waals surface area contributed by atoms with Gasteiger partial charge in [0.1, 0.15) is 11.5 Å². The number of aromatic nitrogens is 2. The third-order valence-electron chi connectivity index (χ3n) is 5.80. The lowest BCUT2D eigenvalue weighted by Crippen LogP contribution is -2.30. The van der Waals surface area contributed by atoms with Crippen molar-refractivity contribution in [1.29, 1.82) is 0 Å². The molecule has 1 heterocycles. The maximum absolute atomic E-state index is 13.9. The predicted octanol–water partition coefficient (Wildman–Crippen LogP) is 4.57. The molecule has 0 aliphatic heterocycles. The molecule has 3 rings (SSSR count). The van der Waals surface area contributed by atoms with Gasteiger partial charge in [-0.05, 0) is 56.3 Å². The molecule has 0 unspecified atom stereocenters. The van der Waals surface area contributed by atoms with Gasteiger partial charge in [0, 0.05) is 31.7 Å². The molecular formula is C26H34F2N4O4S. The first kappa shape index (κ1) is 28.5. The molecular weight excluding hydrogens is 502 g/mol. The maximum atomic E-state index is 13.9. The second-order valence-corrected chi connectivity index (χ2v) is 11.0. The SMILES string of the molecule is COc1ccc(CN(Cc2ccc(OC)cc2)S(=O)(=O)c2cc(CN(C)CC(F)F)n(C(C)C)n2)cc1. The Morgan fingerprint density at radius 3 is 1.78 bits per heavy atom. The lowest BCUT2D eigenvalue weighted by molar-refractivity contribution is 0.0962. The molecule has 3 aromatic rings. The van der Waals surface area contributed by atoms with E-state index in [-0.39, 0.29) is 30.7 Å². The Morgan fingerprint density at radius 1 is 0.892 bits per heavy atom. The second kappa shape index (κ2) is 12.5. The van der Waals surface area contributed by atoms with Gasteiger partial charge in [-0.3, -0.25) is 9.58 Å². The van der Waals surface area contributed by atoms with Crippen LogP contribution in [-0.4, -0.2) is 61.6 Å². The number of alkyl halides is 2. The van der Waals surface area contributed by atoms with Gasteiger partial charge in [0.2, 0.25) is 0 Å². The first-order valence-corrected chi connectivity index (χ1v) is 13.3. The minimum absolute atomic E-state index is 0.105. The molecule has 0 aliphatic rings. The Bertz CT molecular complexity index is 1200. The number of ether oxygens (including phenoxy) is 2. The molecule has 0 fully saturated rings. The van der Waals surface area contributed by atoms with E-state index >= 15 is 0 Å². The summed E-state index contributed by atoms with van der Waals surface area (Å²) in [6.07, 6.45) is -2.49. The summed E-state index contributed by atoms with van der Waals surface area (Å²) >= 11 is 0. The van der Waals surface area contributed by atoms with E-state index in [4.69, 9.17) is 9.47 Å². The van der Waals surface area contributed by atoms with E-state index in [1.165, 1.54) is 15.3 Å².